The number of nitrogens with zero attached hydrogens (tertiary/aromatic N) is 3. The zero-order chi connectivity index (χ0) is 53.9. The van der Waals surface area contributed by atoms with Crippen LogP contribution in [0.1, 0.15) is 16.7 Å². The number of aryl methyl sites for hydroxylation is 3. The van der Waals surface area contributed by atoms with Gasteiger partial charge in [-0.3, -0.25) is 0 Å². The summed E-state index contributed by atoms with van der Waals surface area (Å²) in [6, 6.07) is 93.1. The minimum Gasteiger partial charge on any atom is -0.247 e. The molecule has 16 aromatic rings. The van der Waals surface area contributed by atoms with Crippen molar-refractivity contribution < 1.29 is 0 Å². The average molecular weight is 1030 g/mol. The maximum absolute atomic E-state index is 5.89. The van der Waals surface area contributed by atoms with Gasteiger partial charge in [-0.15, -0.1) is 0 Å². The molecule has 3 heteroatoms. The van der Waals surface area contributed by atoms with Gasteiger partial charge in [-0.05, 0) is 155 Å². The Kier molecular flexibility index (Phi) is 10.6. The summed E-state index contributed by atoms with van der Waals surface area (Å²) in [4.78, 5) is 17.6. The van der Waals surface area contributed by atoms with Crippen molar-refractivity contribution in [2.75, 3.05) is 0 Å². The number of hydrogen-bond donors (Lipinski definition) is 0. The number of hydrogen-bond acceptors (Lipinski definition) is 3. The standard InChI is InChI=1S/C78H51N3/c1-46-22-4-7-25-52(46)67-43-70(80-77-65-38-20-15-32-59(65)57-30-13-18-36-63(57)73(67)77)49-40-50(71-44-68(53-26-8-5-23-47(53)2)74-64-37-19-14-31-58(64)60-33-16-21-39-66(60)78(74)81-71)42-51(41-49)72-45-69-61-34-11-10-28-55(61)56-29-12-17-35-62(56)75(69)76(79-72)54-27-9-6-24-48(54)3/h4-45H,1-3H3. The van der Waals surface area contributed by atoms with Crippen molar-refractivity contribution in [1.82, 2.24) is 15.0 Å². The number of benzene rings is 13. The highest BCUT2D eigenvalue weighted by Gasteiger charge is 2.24. The lowest BCUT2D eigenvalue weighted by Gasteiger charge is -2.19. The molecule has 0 spiro atoms. The van der Waals surface area contributed by atoms with Gasteiger partial charge in [-0.2, -0.15) is 0 Å². The van der Waals surface area contributed by atoms with Crippen molar-refractivity contribution in [3.63, 3.8) is 0 Å². The predicted molar refractivity (Wildman–Crippen MR) is 344 cm³/mol. The van der Waals surface area contributed by atoms with Crippen molar-refractivity contribution in [2.24, 2.45) is 0 Å². The Hall–Kier alpha value is -10.4. The summed E-state index contributed by atoms with van der Waals surface area (Å²) in [5, 5.41) is 18.8. The molecular weight excluding hydrogens is 979 g/mol. The Morgan fingerprint density at radius 2 is 0.494 bits per heavy atom. The maximum Gasteiger partial charge on any atom is 0.0800 e. The molecule has 0 amide bonds. The van der Waals surface area contributed by atoms with E-state index in [1.54, 1.807) is 0 Å². The lowest BCUT2D eigenvalue weighted by atomic mass is 9.88. The predicted octanol–water partition coefficient (Wildman–Crippen LogP) is 21.2. The van der Waals surface area contributed by atoms with Crippen LogP contribution in [0, 0.1) is 20.8 Å². The second-order valence-corrected chi connectivity index (χ2v) is 21.9. The Balaban J connectivity index is 1.07. The molecule has 0 fully saturated rings. The highest BCUT2D eigenvalue weighted by atomic mass is 14.7. The normalized spacial score (nSPS) is 11.9. The third-order valence-corrected chi connectivity index (χ3v) is 17.2. The molecule has 0 N–H and O–H groups in total. The lowest BCUT2D eigenvalue weighted by molar-refractivity contribution is 1.33. The quantitative estimate of drug-likeness (QED) is 0.156. The highest BCUT2D eigenvalue weighted by molar-refractivity contribution is 6.31. The van der Waals surface area contributed by atoms with Crippen LogP contribution in [0.25, 0.3) is 164 Å². The Morgan fingerprint density at radius 3 is 0.889 bits per heavy atom. The van der Waals surface area contributed by atoms with E-state index in [2.05, 4.69) is 276 Å². The maximum atomic E-state index is 5.89. The number of fused-ring (bicyclic) bond motifs is 18. The van der Waals surface area contributed by atoms with Crippen LogP contribution in [0.2, 0.25) is 0 Å². The fourth-order valence-electron chi connectivity index (χ4n) is 13.4. The van der Waals surface area contributed by atoms with Gasteiger partial charge in [-0.1, -0.05) is 218 Å². The van der Waals surface area contributed by atoms with Crippen LogP contribution in [-0.2, 0) is 0 Å². The third-order valence-electron chi connectivity index (χ3n) is 17.2. The fraction of sp³-hybridized carbons (Fsp3) is 0.0385. The van der Waals surface area contributed by atoms with E-state index in [1.807, 2.05) is 0 Å². The van der Waals surface area contributed by atoms with Crippen LogP contribution in [0.4, 0.5) is 0 Å². The monoisotopic (exact) mass is 1030 g/mol. The van der Waals surface area contributed by atoms with E-state index in [9.17, 15) is 0 Å². The molecule has 0 radical (unpaired) electrons. The summed E-state index contributed by atoms with van der Waals surface area (Å²) in [5.74, 6) is 0. The third kappa shape index (κ3) is 7.32. The van der Waals surface area contributed by atoms with Crippen LogP contribution in [0.15, 0.2) is 255 Å². The van der Waals surface area contributed by atoms with Gasteiger partial charge in [-0.25, -0.2) is 15.0 Å². The summed E-state index contributed by atoms with van der Waals surface area (Å²) in [6.45, 7) is 6.64. The first-order valence-electron chi connectivity index (χ1n) is 28.0. The fourth-order valence-corrected chi connectivity index (χ4v) is 13.4. The zero-order valence-electron chi connectivity index (χ0n) is 45.1. The number of rotatable bonds is 6. The summed E-state index contributed by atoms with van der Waals surface area (Å²) in [7, 11) is 0. The molecule has 0 aliphatic carbocycles. The molecular formula is C78H51N3. The molecule has 16 rings (SSSR count). The minimum atomic E-state index is 0.872. The topological polar surface area (TPSA) is 38.7 Å². The van der Waals surface area contributed by atoms with E-state index in [-0.39, 0.29) is 0 Å². The lowest BCUT2D eigenvalue weighted by Crippen LogP contribution is -1.98. The van der Waals surface area contributed by atoms with Crippen molar-refractivity contribution in [2.45, 2.75) is 20.8 Å². The average Bonchev–Trinajstić information content (AvgIpc) is 3.60. The van der Waals surface area contributed by atoms with Crippen molar-refractivity contribution in [3.05, 3.63) is 271 Å². The summed E-state index contributed by atoms with van der Waals surface area (Å²) in [6.07, 6.45) is 0. The van der Waals surface area contributed by atoms with E-state index >= 15 is 0 Å². The Bertz CT molecular complexity index is 4800. The van der Waals surface area contributed by atoms with E-state index in [0.717, 1.165) is 99.5 Å². The summed E-state index contributed by atoms with van der Waals surface area (Å²) < 4.78 is 0. The molecule has 13 aromatic carbocycles. The SMILES string of the molecule is Cc1ccccc1-c1nc(-c2cc(-c3cc(-c4ccccc4C)c4c5ccccc5c5ccccc5c4n3)cc(-c3cc(-c4ccccc4C)c4c5ccccc5c5ccccc5c4n3)c2)cc2c3ccccc3c3ccccc3c12. The smallest absolute Gasteiger partial charge is 0.0800 e. The first kappa shape index (κ1) is 46.7. The van der Waals surface area contributed by atoms with E-state index < -0.39 is 0 Å². The van der Waals surface area contributed by atoms with E-state index in [1.165, 1.54) is 81.7 Å². The molecule has 0 saturated heterocycles. The molecule has 3 heterocycles. The molecule has 0 saturated carbocycles. The van der Waals surface area contributed by atoms with Crippen molar-refractivity contribution >= 4 is 97.2 Å². The summed E-state index contributed by atoms with van der Waals surface area (Å²) >= 11 is 0. The number of aromatic nitrogens is 3. The molecule has 378 valence electrons. The molecule has 0 unspecified atom stereocenters. The first-order chi connectivity index (χ1) is 39.9. The molecule has 3 nitrogen and oxygen atoms in total. The van der Waals surface area contributed by atoms with Gasteiger partial charge in [0.25, 0.3) is 0 Å². The van der Waals surface area contributed by atoms with E-state index in [0.29, 0.717) is 0 Å². The highest BCUT2D eigenvalue weighted by Crippen LogP contribution is 2.47. The second-order valence-electron chi connectivity index (χ2n) is 21.9. The van der Waals surface area contributed by atoms with Gasteiger partial charge < -0.3 is 0 Å². The van der Waals surface area contributed by atoms with Gasteiger partial charge in [0.05, 0.1) is 33.8 Å². The molecule has 0 atom stereocenters. The minimum absolute atomic E-state index is 0.872. The molecule has 81 heavy (non-hydrogen) atoms. The Morgan fingerprint density at radius 1 is 0.210 bits per heavy atom. The van der Waals surface area contributed by atoms with Gasteiger partial charge in [0, 0.05) is 49.2 Å². The van der Waals surface area contributed by atoms with Crippen LogP contribution in [0.3, 0.4) is 0 Å². The van der Waals surface area contributed by atoms with Crippen LogP contribution >= 0.6 is 0 Å². The van der Waals surface area contributed by atoms with Crippen LogP contribution in [-0.4, -0.2) is 15.0 Å². The Labute approximate surface area is 469 Å². The van der Waals surface area contributed by atoms with Gasteiger partial charge in [0.2, 0.25) is 0 Å². The van der Waals surface area contributed by atoms with Gasteiger partial charge in [0.15, 0.2) is 0 Å². The molecule has 0 bridgehead atoms. The number of pyridine rings is 3. The zero-order valence-corrected chi connectivity index (χ0v) is 45.1. The first-order valence-corrected chi connectivity index (χ1v) is 28.0. The van der Waals surface area contributed by atoms with Crippen LogP contribution < -0.4 is 0 Å². The largest absolute Gasteiger partial charge is 0.247 e. The molecule has 0 aliphatic heterocycles. The van der Waals surface area contributed by atoms with E-state index in [4.69, 9.17) is 15.0 Å². The molecule has 0 aliphatic rings. The molecule has 3 aromatic heterocycles. The second kappa shape index (κ2) is 18.4. The van der Waals surface area contributed by atoms with Crippen molar-refractivity contribution in [1.29, 1.82) is 0 Å². The van der Waals surface area contributed by atoms with Gasteiger partial charge in [0.1, 0.15) is 0 Å². The van der Waals surface area contributed by atoms with Gasteiger partial charge >= 0.3 is 0 Å². The summed E-state index contributed by atoms with van der Waals surface area (Å²) in [5.41, 5.74) is 17.8. The van der Waals surface area contributed by atoms with Crippen LogP contribution in [0.5, 0.6) is 0 Å². The van der Waals surface area contributed by atoms with Crippen molar-refractivity contribution in [3.8, 4) is 67.3 Å².